The lowest BCUT2D eigenvalue weighted by molar-refractivity contribution is -0.113. The van der Waals surface area contributed by atoms with Crippen molar-refractivity contribution in [3.63, 3.8) is 0 Å². The summed E-state index contributed by atoms with van der Waals surface area (Å²) < 4.78 is 7.25. The number of halogens is 1. The molecule has 29 heavy (non-hydrogen) atoms. The molecule has 7 nitrogen and oxygen atoms in total. The summed E-state index contributed by atoms with van der Waals surface area (Å²) >= 11 is 7.26. The van der Waals surface area contributed by atoms with Crippen LogP contribution in [0, 0.1) is 0 Å². The molecule has 0 aliphatic rings. The lowest BCUT2D eigenvalue weighted by Crippen LogP contribution is -2.15. The standard InChI is InChI=1S/C20H22ClN5O2S/c1-3-26-18(12-22-15-10-8-14(21)9-11-15)24-25-20(26)29-13-19(27)23-16-6-4-5-7-17(16)28-2/h4-11,22H,3,12-13H2,1-2H3,(H,23,27). The number of carbonyl (C=O) groups excluding carboxylic acids is 1. The molecular formula is C20H22ClN5O2S. The van der Waals surface area contributed by atoms with E-state index in [-0.39, 0.29) is 11.7 Å². The van der Waals surface area contributed by atoms with Crippen LogP contribution in [-0.4, -0.2) is 33.5 Å². The van der Waals surface area contributed by atoms with Crippen LogP contribution in [-0.2, 0) is 17.9 Å². The van der Waals surface area contributed by atoms with E-state index >= 15 is 0 Å². The summed E-state index contributed by atoms with van der Waals surface area (Å²) in [5.74, 6) is 1.51. The zero-order valence-corrected chi connectivity index (χ0v) is 17.8. The molecule has 9 heteroatoms. The molecule has 1 aromatic heterocycles. The van der Waals surface area contributed by atoms with Gasteiger partial charge in [-0.1, -0.05) is 35.5 Å². The number of hydrogen-bond acceptors (Lipinski definition) is 6. The second-order valence-electron chi connectivity index (χ2n) is 6.04. The SMILES string of the molecule is CCn1c(CNc2ccc(Cl)cc2)nnc1SCC(=O)Nc1ccccc1OC. The van der Waals surface area contributed by atoms with Gasteiger partial charge < -0.3 is 19.9 Å². The molecule has 0 saturated heterocycles. The number of anilines is 2. The number of nitrogens with zero attached hydrogens (tertiary/aromatic N) is 3. The third-order valence-corrected chi connectivity index (χ3v) is 5.34. The highest BCUT2D eigenvalue weighted by Crippen LogP contribution is 2.24. The van der Waals surface area contributed by atoms with Gasteiger partial charge in [0.05, 0.1) is 25.1 Å². The van der Waals surface area contributed by atoms with Gasteiger partial charge in [-0.25, -0.2) is 0 Å². The third-order valence-electron chi connectivity index (χ3n) is 4.12. The summed E-state index contributed by atoms with van der Waals surface area (Å²) in [5, 5.41) is 16.1. The zero-order chi connectivity index (χ0) is 20.6. The van der Waals surface area contributed by atoms with E-state index < -0.39 is 0 Å². The van der Waals surface area contributed by atoms with Gasteiger partial charge in [0, 0.05) is 17.3 Å². The fraction of sp³-hybridized carbons (Fsp3) is 0.250. The number of benzene rings is 2. The Bertz CT molecular complexity index is 962. The number of rotatable bonds is 9. The summed E-state index contributed by atoms with van der Waals surface area (Å²) in [6.07, 6.45) is 0. The summed E-state index contributed by atoms with van der Waals surface area (Å²) in [5.41, 5.74) is 1.59. The molecule has 0 radical (unpaired) electrons. The minimum absolute atomic E-state index is 0.133. The molecule has 152 valence electrons. The van der Waals surface area contributed by atoms with Crippen molar-refractivity contribution in [3.05, 3.63) is 59.4 Å². The Kier molecular flexibility index (Phi) is 7.37. The normalized spacial score (nSPS) is 10.6. The molecule has 0 spiro atoms. The highest BCUT2D eigenvalue weighted by atomic mass is 35.5. The van der Waals surface area contributed by atoms with Crippen LogP contribution in [0.15, 0.2) is 53.7 Å². The van der Waals surface area contributed by atoms with Gasteiger partial charge in [0.25, 0.3) is 0 Å². The molecule has 3 aromatic rings. The van der Waals surface area contributed by atoms with Crippen LogP contribution in [0.25, 0.3) is 0 Å². The number of amides is 1. The lowest BCUT2D eigenvalue weighted by atomic mass is 10.3. The summed E-state index contributed by atoms with van der Waals surface area (Å²) in [4.78, 5) is 12.3. The average molecular weight is 432 g/mol. The van der Waals surface area contributed by atoms with E-state index in [0.29, 0.717) is 34.7 Å². The third kappa shape index (κ3) is 5.65. The molecule has 2 aromatic carbocycles. The predicted molar refractivity (Wildman–Crippen MR) is 117 cm³/mol. The Hall–Kier alpha value is -2.71. The van der Waals surface area contributed by atoms with Crippen molar-refractivity contribution in [2.24, 2.45) is 0 Å². The van der Waals surface area contributed by atoms with Crippen molar-refractivity contribution >= 4 is 40.6 Å². The van der Waals surface area contributed by atoms with Gasteiger partial charge in [0.1, 0.15) is 5.75 Å². The second-order valence-corrected chi connectivity index (χ2v) is 7.42. The topological polar surface area (TPSA) is 81.1 Å². The average Bonchev–Trinajstić information content (AvgIpc) is 3.14. The molecule has 0 unspecified atom stereocenters. The number of carbonyl (C=O) groups is 1. The maximum atomic E-state index is 12.3. The molecule has 0 fully saturated rings. The maximum absolute atomic E-state index is 12.3. The van der Waals surface area contributed by atoms with Gasteiger partial charge in [-0.2, -0.15) is 0 Å². The van der Waals surface area contributed by atoms with Gasteiger partial charge >= 0.3 is 0 Å². The van der Waals surface area contributed by atoms with E-state index in [1.807, 2.05) is 47.9 Å². The van der Waals surface area contributed by atoms with Crippen molar-refractivity contribution in [2.45, 2.75) is 25.2 Å². The van der Waals surface area contributed by atoms with E-state index in [1.54, 1.807) is 19.2 Å². The predicted octanol–water partition coefficient (Wildman–Crippen LogP) is 4.30. The number of hydrogen-bond donors (Lipinski definition) is 2. The number of methoxy groups -OCH3 is 1. The number of ether oxygens (including phenoxy) is 1. The molecular weight excluding hydrogens is 410 g/mol. The van der Waals surface area contributed by atoms with E-state index in [4.69, 9.17) is 16.3 Å². The Morgan fingerprint density at radius 1 is 1.17 bits per heavy atom. The van der Waals surface area contributed by atoms with Crippen LogP contribution in [0.4, 0.5) is 11.4 Å². The number of thioether (sulfide) groups is 1. The Morgan fingerprint density at radius 2 is 1.93 bits per heavy atom. The molecule has 0 bridgehead atoms. The van der Waals surface area contributed by atoms with Crippen LogP contribution in [0.5, 0.6) is 5.75 Å². The maximum Gasteiger partial charge on any atom is 0.234 e. The van der Waals surface area contributed by atoms with Gasteiger partial charge in [-0.3, -0.25) is 4.79 Å². The first-order chi connectivity index (χ1) is 14.1. The fourth-order valence-corrected chi connectivity index (χ4v) is 3.63. The van der Waals surface area contributed by atoms with Crippen LogP contribution < -0.4 is 15.4 Å². The highest BCUT2D eigenvalue weighted by molar-refractivity contribution is 7.99. The number of nitrogens with one attached hydrogen (secondary N) is 2. The van der Waals surface area contributed by atoms with E-state index in [9.17, 15) is 4.79 Å². The fourth-order valence-electron chi connectivity index (χ4n) is 2.69. The van der Waals surface area contributed by atoms with Gasteiger partial charge in [-0.15, -0.1) is 10.2 Å². The van der Waals surface area contributed by atoms with E-state index in [1.165, 1.54) is 11.8 Å². The van der Waals surface area contributed by atoms with Crippen LogP contribution in [0.2, 0.25) is 5.02 Å². The van der Waals surface area contributed by atoms with E-state index in [2.05, 4.69) is 20.8 Å². The number of aromatic nitrogens is 3. The molecule has 0 aliphatic heterocycles. The van der Waals surface area contributed by atoms with Crippen molar-refractivity contribution in [1.29, 1.82) is 0 Å². The minimum Gasteiger partial charge on any atom is -0.495 e. The van der Waals surface area contributed by atoms with Crippen molar-refractivity contribution in [2.75, 3.05) is 23.5 Å². The molecule has 1 heterocycles. The molecule has 0 atom stereocenters. The largest absolute Gasteiger partial charge is 0.495 e. The smallest absolute Gasteiger partial charge is 0.234 e. The molecule has 3 rings (SSSR count). The minimum atomic E-state index is -0.133. The molecule has 0 saturated carbocycles. The quantitative estimate of drug-likeness (QED) is 0.491. The van der Waals surface area contributed by atoms with Crippen molar-refractivity contribution < 1.29 is 9.53 Å². The summed E-state index contributed by atoms with van der Waals surface area (Å²) in [7, 11) is 1.57. The first kappa shape index (κ1) is 21.0. The van der Waals surface area contributed by atoms with Gasteiger partial charge in [0.15, 0.2) is 11.0 Å². The van der Waals surface area contributed by atoms with Crippen molar-refractivity contribution in [1.82, 2.24) is 14.8 Å². The first-order valence-electron chi connectivity index (χ1n) is 9.08. The Labute approximate surface area is 178 Å². The van der Waals surface area contributed by atoms with Crippen LogP contribution in [0.3, 0.4) is 0 Å². The highest BCUT2D eigenvalue weighted by Gasteiger charge is 2.14. The monoisotopic (exact) mass is 431 g/mol. The zero-order valence-electron chi connectivity index (χ0n) is 16.2. The van der Waals surface area contributed by atoms with Gasteiger partial charge in [0.2, 0.25) is 5.91 Å². The Balaban J connectivity index is 1.58. The molecule has 2 N–H and O–H groups in total. The van der Waals surface area contributed by atoms with Crippen LogP contribution >= 0.6 is 23.4 Å². The van der Waals surface area contributed by atoms with E-state index in [0.717, 1.165) is 11.5 Å². The summed E-state index contributed by atoms with van der Waals surface area (Å²) in [6.45, 7) is 3.26. The molecule has 0 aliphatic carbocycles. The Morgan fingerprint density at radius 3 is 2.66 bits per heavy atom. The summed E-state index contributed by atoms with van der Waals surface area (Å²) in [6, 6.07) is 14.8. The van der Waals surface area contributed by atoms with Crippen molar-refractivity contribution in [3.8, 4) is 5.75 Å². The first-order valence-corrected chi connectivity index (χ1v) is 10.4. The lowest BCUT2D eigenvalue weighted by Gasteiger charge is -2.10. The second kappa shape index (κ2) is 10.2. The van der Waals surface area contributed by atoms with Gasteiger partial charge in [-0.05, 0) is 43.3 Å². The number of para-hydroxylation sites is 2. The van der Waals surface area contributed by atoms with Crippen LogP contribution in [0.1, 0.15) is 12.7 Å². The molecule has 1 amide bonds.